The predicted molar refractivity (Wildman–Crippen MR) is 166 cm³/mol. The Bertz CT molecular complexity index is 1510. The molecule has 3 aromatic carbocycles. The first-order valence-electron chi connectivity index (χ1n) is 13.9. The van der Waals surface area contributed by atoms with Crippen LogP contribution < -0.4 is 34.5 Å². The Morgan fingerprint density at radius 2 is 1.63 bits per heavy atom. The molecule has 2 heterocycles. The van der Waals surface area contributed by atoms with Crippen LogP contribution in [0.1, 0.15) is 18.4 Å². The highest BCUT2D eigenvalue weighted by molar-refractivity contribution is 6.30. The van der Waals surface area contributed by atoms with Gasteiger partial charge in [-0.25, -0.2) is 4.98 Å². The van der Waals surface area contributed by atoms with Gasteiger partial charge < -0.3 is 34.5 Å². The summed E-state index contributed by atoms with van der Waals surface area (Å²) < 4.78 is 22.2. The zero-order valence-electron chi connectivity index (χ0n) is 24.3. The molecular formula is C32H34ClN5O5. The highest BCUT2D eigenvalue weighted by atomic mass is 35.5. The molecule has 4 aromatic rings. The van der Waals surface area contributed by atoms with Crippen molar-refractivity contribution in [2.24, 2.45) is 5.92 Å². The summed E-state index contributed by atoms with van der Waals surface area (Å²) in [6, 6.07) is 20.3. The van der Waals surface area contributed by atoms with Crippen molar-refractivity contribution in [3.63, 3.8) is 0 Å². The third-order valence-corrected chi connectivity index (χ3v) is 7.37. The van der Waals surface area contributed by atoms with Crippen molar-refractivity contribution < 1.29 is 23.7 Å². The maximum atomic E-state index is 13.1. The fourth-order valence-electron chi connectivity index (χ4n) is 4.91. The Balaban J connectivity index is 1.17. The van der Waals surface area contributed by atoms with Crippen LogP contribution >= 0.6 is 11.6 Å². The lowest BCUT2D eigenvalue weighted by atomic mass is 9.97. The molecule has 1 aromatic heterocycles. The van der Waals surface area contributed by atoms with Gasteiger partial charge >= 0.3 is 0 Å². The summed E-state index contributed by atoms with van der Waals surface area (Å²) in [5.41, 5.74) is 1.68. The molecule has 1 atom stereocenters. The molecule has 1 fully saturated rings. The second-order valence-electron chi connectivity index (χ2n) is 9.98. The molecule has 43 heavy (non-hydrogen) atoms. The number of carbonyl (C=O) groups excluding carboxylic acids is 1. The topological polar surface area (TPSA) is 107 Å². The van der Waals surface area contributed by atoms with Crippen LogP contribution in [0.4, 0.5) is 17.5 Å². The number of nitrogens with zero attached hydrogens (tertiary/aromatic N) is 3. The van der Waals surface area contributed by atoms with E-state index < -0.39 is 0 Å². The van der Waals surface area contributed by atoms with Gasteiger partial charge in [-0.2, -0.15) is 4.98 Å². The summed E-state index contributed by atoms with van der Waals surface area (Å²) in [5.74, 6) is 4.01. The first-order valence-corrected chi connectivity index (χ1v) is 14.3. The van der Waals surface area contributed by atoms with Crippen molar-refractivity contribution in [2.45, 2.75) is 19.4 Å². The zero-order chi connectivity index (χ0) is 30.2. The van der Waals surface area contributed by atoms with E-state index in [1.807, 2.05) is 42.5 Å². The number of methoxy groups -OCH3 is 3. The number of halogens is 1. The van der Waals surface area contributed by atoms with Crippen molar-refractivity contribution in [1.82, 2.24) is 15.3 Å². The predicted octanol–water partition coefficient (Wildman–Crippen LogP) is 6.22. The molecule has 0 bridgehead atoms. The van der Waals surface area contributed by atoms with E-state index in [-0.39, 0.29) is 11.8 Å². The molecule has 5 rings (SSSR count). The number of piperidine rings is 1. The van der Waals surface area contributed by atoms with E-state index in [1.165, 1.54) is 0 Å². The van der Waals surface area contributed by atoms with Crippen LogP contribution in [0.3, 0.4) is 0 Å². The van der Waals surface area contributed by atoms with E-state index in [4.69, 9.17) is 35.5 Å². The number of carbonyl (C=O) groups is 1. The largest absolute Gasteiger partial charge is 0.493 e. The fourth-order valence-corrected chi connectivity index (χ4v) is 5.04. The monoisotopic (exact) mass is 603 g/mol. The lowest BCUT2D eigenvalue weighted by molar-refractivity contribution is -0.125. The molecule has 1 amide bonds. The second kappa shape index (κ2) is 14.0. The highest BCUT2D eigenvalue weighted by Gasteiger charge is 2.26. The molecule has 0 spiro atoms. The van der Waals surface area contributed by atoms with Gasteiger partial charge in [0.05, 0.1) is 27.2 Å². The minimum Gasteiger partial charge on any atom is -0.493 e. The summed E-state index contributed by atoms with van der Waals surface area (Å²) in [6.07, 6.45) is 3.40. The Kier molecular flexibility index (Phi) is 9.68. The van der Waals surface area contributed by atoms with Crippen LogP contribution in [0.5, 0.6) is 28.7 Å². The Morgan fingerprint density at radius 3 is 2.28 bits per heavy atom. The van der Waals surface area contributed by atoms with Crippen molar-refractivity contribution in [3.8, 4) is 28.7 Å². The average Bonchev–Trinajstić information content (AvgIpc) is 3.05. The molecule has 0 aliphatic carbocycles. The van der Waals surface area contributed by atoms with Gasteiger partial charge in [-0.05, 0) is 60.9 Å². The number of hydrogen-bond acceptors (Lipinski definition) is 9. The van der Waals surface area contributed by atoms with Gasteiger partial charge in [0.2, 0.25) is 17.6 Å². The molecule has 0 saturated carbocycles. The maximum Gasteiger partial charge on any atom is 0.229 e. The lowest BCUT2D eigenvalue weighted by Gasteiger charge is -2.33. The molecule has 0 radical (unpaired) electrons. The van der Waals surface area contributed by atoms with Gasteiger partial charge in [0, 0.05) is 48.7 Å². The van der Waals surface area contributed by atoms with Crippen molar-refractivity contribution in [1.29, 1.82) is 0 Å². The Hall–Kier alpha value is -4.70. The van der Waals surface area contributed by atoms with E-state index >= 15 is 0 Å². The maximum absolute atomic E-state index is 13.1. The molecule has 2 N–H and O–H groups in total. The van der Waals surface area contributed by atoms with E-state index in [0.717, 1.165) is 30.8 Å². The van der Waals surface area contributed by atoms with Crippen LogP contribution in [0.2, 0.25) is 5.02 Å². The normalized spacial score (nSPS) is 14.5. The van der Waals surface area contributed by atoms with E-state index in [2.05, 4.69) is 20.5 Å². The number of nitrogens with one attached hydrogen (secondary N) is 2. The van der Waals surface area contributed by atoms with Gasteiger partial charge in [-0.1, -0.05) is 23.7 Å². The fraction of sp³-hybridized carbons (Fsp3) is 0.281. The van der Waals surface area contributed by atoms with Crippen molar-refractivity contribution in [3.05, 3.63) is 83.5 Å². The molecule has 0 unspecified atom stereocenters. The zero-order valence-corrected chi connectivity index (χ0v) is 25.1. The number of rotatable bonds is 11. The summed E-state index contributed by atoms with van der Waals surface area (Å²) in [4.78, 5) is 24.3. The number of ether oxygens (including phenoxy) is 4. The quantitative estimate of drug-likeness (QED) is 0.206. The van der Waals surface area contributed by atoms with Crippen molar-refractivity contribution >= 4 is 35.0 Å². The van der Waals surface area contributed by atoms with Gasteiger partial charge in [0.15, 0.2) is 11.5 Å². The first-order chi connectivity index (χ1) is 20.9. The Labute approximate surface area is 255 Å². The third-order valence-electron chi connectivity index (χ3n) is 7.12. The number of benzene rings is 3. The minimum absolute atomic E-state index is 0.0241. The van der Waals surface area contributed by atoms with Crippen LogP contribution in [0.15, 0.2) is 72.9 Å². The standard InChI is InChI=1S/C32H34ClN5O5/c1-40-27-17-24(18-28(41-2)30(27)42-3)36-32-34-15-14-29(37-32)38-16-4-5-22(20-38)31(39)35-19-21-6-10-25(11-7-21)43-26-12-8-23(33)9-13-26/h6-15,17-18,22H,4-5,16,19-20H2,1-3H3,(H,35,39)(H,34,36,37)/t22-/m0/s1. The van der Waals surface area contributed by atoms with Gasteiger partial charge in [0.1, 0.15) is 17.3 Å². The molecule has 1 saturated heterocycles. The van der Waals surface area contributed by atoms with Gasteiger partial charge in [-0.15, -0.1) is 0 Å². The molecule has 1 aliphatic heterocycles. The van der Waals surface area contributed by atoms with Gasteiger partial charge in [-0.3, -0.25) is 4.79 Å². The molecule has 224 valence electrons. The summed E-state index contributed by atoms with van der Waals surface area (Å²) >= 11 is 5.94. The van der Waals surface area contributed by atoms with Crippen molar-refractivity contribution in [2.75, 3.05) is 44.6 Å². The Morgan fingerprint density at radius 1 is 0.953 bits per heavy atom. The number of amides is 1. The smallest absolute Gasteiger partial charge is 0.229 e. The van der Waals surface area contributed by atoms with Crippen LogP contribution in [-0.2, 0) is 11.3 Å². The summed E-state index contributed by atoms with van der Waals surface area (Å²) in [7, 11) is 4.69. The molecule has 10 nitrogen and oxygen atoms in total. The average molecular weight is 604 g/mol. The third kappa shape index (κ3) is 7.58. The van der Waals surface area contributed by atoms with Gasteiger partial charge in [0.25, 0.3) is 0 Å². The van der Waals surface area contributed by atoms with E-state index in [9.17, 15) is 4.79 Å². The van der Waals surface area contributed by atoms with Crippen LogP contribution in [-0.4, -0.2) is 50.3 Å². The number of aromatic nitrogens is 2. The molecular weight excluding hydrogens is 570 g/mol. The van der Waals surface area contributed by atoms with E-state index in [0.29, 0.717) is 58.5 Å². The number of hydrogen-bond donors (Lipinski definition) is 2. The van der Waals surface area contributed by atoms with Crippen LogP contribution in [0.25, 0.3) is 0 Å². The number of anilines is 3. The second-order valence-corrected chi connectivity index (χ2v) is 10.4. The first kappa shape index (κ1) is 29.8. The summed E-state index contributed by atoms with van der Waals surface area (Å²) in [5, 5.41) is 6.97. The molecule has 11 heteroatoms. The lowest BCUT2D eigenvalue weighted by Crippen LogP contribution is -2.43. The highest BCUT2D eigenvalue weighted by Crippen LogP contribution is 2.40. The minimum atomic E-state index is -0.150. The van der Waals surface area contributed by atoms with E-state index in [1.54, 1.807) is 51.8 Å². The SMILES string of the molecule is COc1cc(Nc2nccc(N3CCC[C@H](C(=O)NCc4ccc(Oc5ccc(Cl)cc5)cc4)C3)n2)cc(OC)c1OC. The summed E-state index contributed by atoms with van der Waals surface area (Å²) in [6.45, 7) is 1.81. The van der Waals surface area contributed by atoms with Crippen LogP contribution in [0, 0.1) is 5.92 Å². The molecule has 1 aliphatic rings.